The third-order valence-corrected chi connectivity index (χ3v) is 0.362. The van der Waals surface area contributed by atoms with Gasteiger partial charge in [-0.2, -0.15) is 0 Å². The van der Waals surface area contributed by atoms with E-state index >= 15 is 0 Å². The van der Waals surface area contributed by atoms with Gasteiger partial charge in [0.2, 0.25) is 0 Å². The molecule has 0 saturated heterocycles. The van der Waals surface area contributed by atoms with Crippen LogP contribution in [0.2, 0.25) is 0 Å². The van der Waals surface area contributed by atoms with Gasteiger partial charge in [-0.25, -0.2) is 4.79 Å². The zero-order chi connectivity index (χ0) is 6.57. The zero-order valence-corrected chi connectivity index (χ0v) is 9.74. The number of hydrogen-bond donors (Lipinski definition) is 1. The summed E-state index contributed by atoms with van der Waals surface area (Å²) in [5, 5.41) is 17.2. The van der Waals surface area contributed by atoms with Crippen LogP contribution in [0.25, 0.3) is 0 Å². The number of carboxylic acids is 2. The summed E-state index contributed by atoms with van der Waals surface area (Å²) in [6, 6.07) is 0. The average Bonchev–Trinajstić information content (AvgIpc) is 1.61. The second-order valence-electron chi connectivity index (χ2n) is 0.991. The topological polar surface area (TPSA) is 77.4 Å². The van der Waals surface area contributed by atoms with Gasteiger partial charge in [-0.15, -0.1) is 0 Å². The second kappa shape index (κ2) is 6.60. The van der Waals surface area contributed by atoms with Gasteiger partial charge in [0.05, 0.1) is 5.97 Å². The number of carbonyl (C=O) groups excluding carboxylic acids is 1. The van der Waals surface area contributed by atoms with E-state index in [0.29, 0.717) is 12.2 Å². The predicted molar refractivity (Wildman–Crippen MR) is 21.8 cm³/mol. The molecule has 0 unspecified atom stereocenters. The van der Waals surface area contributed by atoms with E-state index in [-0.39, 0.29) is 58.2 Å². The molecule has 0 aromatic carbocycles. The molecule has 0 heterocycles. The van der Waals surface area contributed by atoms with Crippen LogP contribution >= 0.6 is 0 Å². The fourth-order valence-corrected chi connectivity index (χ4v) is 0.139. The second-order valence-corrected chi connectivity index (χ2v) is 0.991. The molecule has 44 valence electrons. The van der Waals surface area contributed by atoms with E-state index in [0.717, 1.165) is 0 Å². The molecule has 0 aliphatic carbocycles. The molecule has 4 nitrogen and oxygen atoms in total. The van der Waals surface area contributed by atoms with Crippen LogP contribution in [0.4, 0.5) is 0 Å². The predicted octanol–water partition coefficient (Wildman–Crippen LogP) is -4.62. The zero-order valence-electron chi connectivity index (χ0n) is 4.83. The van der Waals surface area contributed by atoms with Crippen molar-refractivity contribution in [2.45, 2.75) is 0 Å². The molecule has 5 heteroatoms. The van der Waals surface area contributed by atoms with Crippen molar-refractivity contribution in [1.82, 2.24) is 0 Å². The Balaban J connectivity index is 0. The summed E-state index contributed by atoms with van der Waals surface area (Å²) in [7, 11) is 0. The third kappa shape index (κ3) is 11.9. The largest absolute Gasteiger partial charge is 1.00 e. The molecule has 9 heavy (non-hydrogen) atoms. The molecule has 0 bridgehead atoms. The van der Waals surface area contributed by atoms with Gasteiger partial charge in [-0.1, -0.05) is 0 Å². The molecule has 0 saturated carbocycles. The Hall–Kier alpha value is 0.485. The van der Waals surface area contributed by atoms with E-state index in [1.54, 1.807) is 0 Å². The average molecular weight is 201 g/mol. The fraction of sp³-hybridized carbons (Fsp3) is 0. The van der Waals surface area contributed by atoms with Crippen molar-refractivity contribution in [3.05, 3.63) is 12.2 Å². The van der Waals surface area contributed by atoms with Gasteiger partial charge in [0, 0.05) is 6.08 Å². The number of rotatable bonds is 2. The Bertz CT molecular complexity index is 124. The van der Waals surface area contributed by atoms with Crippen LogP contribution in [-0.2, 0) is 9.59 Å². The maximum absolute atomic E-state index is 9.53. The van der Waals surface area contributed by atoms with Crippen LogP contribution in [0.5, 0.6) is 0 Å². The van der Waals surface area contributed by atoms with Gasteiger partial charge in [-0.05, 0) is 6.08 Å². The minimum atomic E-state index is -1.51. The summed E-state index contributed by atoms with van der Waals surface area (Å²) in [4.78, 5) is 19.0. The van der Waals surface area contributed by atoms with E-state index in [9.17, 15) is 14.7 Å². The summed E-state index contributed by atoms with van der Waals surface area (Å²) >= 11 is 0. The summed E-state index contributed by atoms with van der Waals surface area (Å²) in [6.45, 7) is 0. The molecule has 0 aliphatic heterocycles. The molecular formula is C4H3O4Rb. The Kier molecular flexibility index (Phi) is 8.94. The van der Waals surface area contributed by atoms with E-state index in [1.165, 1.54) is 0 Å². The quantitative estimate of drug-likeness (QED) is 0.455. The van der Waals surface area contributed by atoms with Crippen LogP contribution in [0.1, 0.15) is 0 Å². The fourth-order valence-electron chi connectivity index (χ4n) is 0.139. The van der Waals surface area contributed by atoms with Crippen molar-refractivity contribution in [1.29, 1.82) is 0 Å². The Morgan fingerprint density at radius 2 is 1.78 bits per heavy atom. The van der Waals surface area contributed by atoms with Gasteiger partial charge in [0.25, 0.3) is 0 Å². The van der Waals surface area contributed by atoms with Crippen LogP contribution in [0.3, 0.4) is 0 Å². The number of carboxylic acid groups (broad SMARTS) is 2. The van der Waals surface area contributed by atoms with E-state index in [1.807, 2.05) is 0 Å². The van der Waals surface area contributed by atoms with E-state index < -0.39 is 11.9 Å². The summed E-state index contributed by atoms with van der Waals surface area (Å²) in [6.07, 6.45) is 0.942. The van der Waals surface area contributed by atoms with Gasteiger partial charge in [0.1, 0.15) is 0 Å². The van der Waals surface area contributed by atoms with E-state index in [4.69, 9.17) is 5.11 Å². The molecule has 0 radical (unpaired) electrons. The SMILES string of the molecule is O=C([O-])/C=C\C(=O)O.[Rb+]. The molecule has 0 fully saturated rings. The minimum absolute atomic E-state index is 0. The normalized spacial score (nSPS) is 8.44. The number of hydrogen-bond acceptors (Lipinski definition) is 3. The number of carbonyl (C=O) groups is 2. The molecule has 0 aliphatic rings. The van der Waals surface area contributed by atoms with Crippen LogP contribution in [-0.4, -0.2) is 17.0 Å². The van der Waals surface area contributed by atoms with Gasteiger partial charge < -0.3 is 15.0 Å². The summed E-state index contributed by atoms with van der Waals surface area (Å²) < 4.78 is 0. The van der Waals surface area contributed by atoms with E-state index in [2.05, 4.69) is 0 Å². The van der Waals surface area contributed by atoms with Crippen molar-refractivity contribution < 1.29 is 78.0 Å². The molecule has 0 aromatic heterocycles. The van der Waals surface area contributed by atoms with Crippen LogP contribution < -0.4 is 63.3 Å². The maximum Gasteiger partial charge on any atom is 1.00 e. The van der Waals surface area contributed by atoms with Crippen molar-refractivity contribution in [2.75, 3.05) is 0 Å². The molecule has 0 aromatic rings. The molecule has 0 amide bonds. The first-order chi connectivity index (χ1) is 3.63. The Labute approximate surface area is 100 Å². The summed E-state index contributed by atoms with van der Waals surface area (Å²) in [5.41, 5.74) is 0. The van der Waals surface area contributed by atoms with Gasteiger partial charge in [-0.3, -0.25) is 0 Å². The van der Waals surface area contributed by atoms with Crippen molar-refractivity contribution in [3.63, 3.8) is 0 Å². The third-order valence-electron chi connectivity index (χ3n) is 0.362. The molecule has 0 spiro atoms. The van der Waals surface area contributed by atoms with Gasteiger partial charge in [0.15, 0.2) is 0 Å². The molecular weight excluding hydrogens is 198 g/mol. The van der Waals surface area contributed by atoms with Crippen molar-refractivity contribution in [3.8, 4) is 0 Å². The van der Waals surface area contributed by atoms with Crippen molar-refractivity contribution >= 4 is 11.9 Å². The van der Waals surface area contributed by atoms with Gasteiger partial charge >= 0.3 is 64.2 Å². The number of aliphatic carboxylic acids is 2. The molecule has 1 N–H and O–H groups in total. The van der Waals surface area contributed by atoms with Crippen LogP contribution in [0.15, 0.2) is 12.2 Å². The standard InChI is InChI=1S/C4H4O4.Rb/c5-3(6)1-2-4(7)8;/h1-2H,(H,5,6)(H,7,8);/q;+1/p-1/b2-1-;. The van der Waals surface area contributed by atoms with Crippen molar-refractivity contribution in [2.24, 2.45) is 0 Å². The smallest absolute Gasteiger partial charge is 0.545 e. The first-order valence-electron chi connectivity index (χ1n) is 1.75. The first-order valence-corrected chi connectivity index (χ1v) is 1.75. The minimum Gasteiger partial charge on any atom is -0.545 e. The van der Waals surface area contributed by atoms with Crippen LogP contribution in [0, 0.1) is 0 Å². The monoisotopic (exact) mass is 200 g/mol. The Morgan fingerprint density at radius 3 is 1.89 bits per heavy atom. The Morgan fingerprint density at radius 1 is 1.33 bits per heavy atom. The first kappa shape index (κ1) is 12.2. The maximum atomic E-state index is 9.53. The molecule has 0 atom stereocenters. The summed E-state index contributed by atoms with van der Waals surface area (Å²) in [5.74, 6) is -2.80. The molecule has 0 rings (SSSR count).